The van der Waals surface area contributed by atoms with Crippen molar-refractivity contribution in [3.8, 4) is 12.3 Å². The Labute approximate surface area is 57.0 Å². The van der Waals surface area contributed by atoms with Gasteiger partial charge in [0.15, 0.2) is 0 Å². The third kappa shape index (κ3) is 1.12. The van der Waals surface area contributed by atoms with Crippen LogP contribution in [0.25, 0.3) is 0 Å². The molecule has 0 amide bonds. The number of aryl methyl sites for hydroxylation is 1. The highest BCUT2D eigenvalue weighted by Crippen LogP contribution is 2.03. The van der Waals surface area contributed by atoms with Crippen LogP contribution in [0.15, 0.2) is 24.3 Å². The maximum atomic E-state index is 5.20. The van der Waals surface area contributed by atoms with Crippen molar-refractivity contribution in [3.63, 3.8) is 0 Å². The summed E-state index contributed by atoms with van der Waals surface area (Å²) in [6.45, 7) is 2.01. The van der Waals surface area contributed by atoms with E-state index in [1.807, 2.05) is 31.2 Å². The molecule has 0 aliphatic rings. The van der Waals surface area contributed by atoms with Gasteiger partial charge >= 0.3 is 0 Å². The average molecular weight is 118 g/mol. The van der Waals surface area contributed by atoms with Crippen LogP contribution in [-0.4, -0.2) is 0 Å². The predicted molar refractivity (Wildman–Crippen MR) is 41.2 cm³/mol. The Kier molecular flexibility index (Phi) is 1.55. The molecule has 0 bridgehead atoms. The van der Waals surface area contributed by atoms with E-state index in [0.717, 1.165) is 5.56 Å². The van der Waals surface area contributed by atoms with Crippen molar-refractivity contribution >= 4 is 0 Å². The molecular formula is C9H10. The SMILES string of the molecule is C#Cc1ccccc1C.[HH]. The van der Waals surface area contributed by atoms with E-state index < -0.39 is 0 Å². The molecule has 9 heavy (non-hydrogen) atoms. The van der Waals surface area contributed by atoms with Crippen molar-refractivity contribution in [3.05, 3.63) is 35.4 Å². The van der Waals surface area contributed by atoms with E-state index in [0.29, 0.717) is 0 Å². The van der Waals surface area contributed by atoms with Gasteiger partial charge in [0.05, 0.1) is 0 Å². The van der Waals surface area contributed by atoms with Gasteiger partial charge < -0.3 is 0 Å². The lowest BCUT2D eigenvalue weighted by atomic mass is 10.1. The third-order valence-electron chi connectivity index (χ3n) is 1.30. The molecule has 1 rings (SSSR count). The molecule has 0 aliphatic carbocycles. The van der Waals surface area contributed by atoms with Crippen LogP contribution in [0.1, 0.15) is 12.6 Å². The zero-order valence-corrected chi connectivity index (χ0v) is 5.39. The van der Waals surface area contributed by atoms with Crippen molar-refractivity contribution in [1.82, 2.24) is 0 Å². The standard InChI is InChI=1S/C9H8.H2/c1-3-9-7-5-4-6-8(9)2;/h1,4-7H,2H3;1H. The van der Waals surface area contributed by atoms with Crippen LogP contribution < -0.4 is 0 Å². The second-order valence-electron chi connectivity index (χ2n) is 1.96. The lowest BCUT2D eigenvalue weighted by Gasteiger charge is -1.92. The quantitative estimate of drug-likeness (QED) is 0.458. The minimum Gasteiger partial charge on any atom is -0.115 e. The van der Waals surface area contributed by atoms with Crippen LogP contribution in [-0.2, 0) is 0 Å². The van der Waals surface area contributed by atoms with Crippen LogP contribution >= 0.6 is 0 Å². The zero-order valence-electron chi connectivity index (χ0n) is 5.39. The van der Waals surface area contributed by atoms with Crippen molar-refractivity contribution < 1.29 is 1.43 Å². The topological polar surface area (TPSA) is 0 Å². The highest BCUT2D eigenvalue weighted by atomic mass is 13.9. The summed E-state index contributed by atoms with van der Waals surface area (Å²) in [5, 5.41) is 0. The van der Waals surface area contributed by atoms with Gasteiger partial charge in [0.2, 0.25) is 0 Å². The molecule has 0 saturated carbocycles. The first-order valence-corrected chi connectivity index (χ1v) is 2.87. The number of hydrogen-bond acceptors (Lipinski definition) is 0. The smallest absolute Gasteiger partial charge is 0.0271 e. The summed E-state index contributed by atoms with van der Waals surface area (Å²) in [6.07, 6.45) is 5.20. The largest absolute Gasteiger partial charge is 0.115 e. The normalized spacial score (nSPS) is 8.44. The minimum atomic E-state index is 0. The first kappa shape index (κ1) is 5.91. The Morgan fingerprint density at radius 3 is 2.56 bits per heavy atom. The maximum absolute atomic E-state index is 5.20. The van der Waals surface area contributed by atoms with Gasteiger partial charge in [0, 0.05) is 6.99 Å². The summed E-state index contributed by atoms with van der Waals surface area (Å²) in [4.78, 5) is 0. The number of rotatable bonds is 0. The predicted octanol–water partition coefficient (Wildman–Crippen LogP) is 2.22. The number of benzene rings is 1. The zero-order chi connectivity index (χ0) is 6.69. The van der Waals surface area contributed by atoms with E-state index in [2.05, 4.69) is 5.92 Å². The van der Waals surface area contributed by atoms with Crippen molar-refractivity contribution in [2.75, 3.05) is 0 Å². The molecule has 0 N–H and O–H groups in total. The average Bonchev–Trinajstić information content (AvgIpc) is 1.89. The Balaban J connectivity index is 0.000000810. The number of hydrogen-bond donors (Lipinski definition) is 0. The lowest BCUT2D eigenvalue weighted by Crippen LogP contribution is -1.77. The third-order valence-corrected chi connectivity index (χ3v) is 1.30. The van der Waals surface area contributed by atoms with E-state index >= 15 is 0 Å². The minimum absolute atomic E-state index is 0. The fourth-order valence-electron chi connectivity index (χ4n) is 0.735. The van der Waals surface area contributed by atoms with Gasteiger partial charge in [0.25, 0.3) is 0 Å². The highest BCUT2D eigenvalue weighted by molar-refractivity contribution is 5.38. The fraction of sp³-hybridized carbons (Fsp3) is 0.111. The van der Waals surface area contributed by atoms with Gasteiger partial charge in [-0.25, -0.2) is 0 Å². The molecular weight excluding hydrogens is 108 g/mol. The van der Waals surface area contributed by atoms with Crippen molar-refractivity contribution in [1.29, 1.82) is 0 Å². The molecule has 1 aromatic rings. The second kappa shape index (κ2) is 2.37. The molecule has 1 aromatic carbocycles. The first-order valence-electron chi connectivity index (χ1n) is 2.87. The molecule has 0 aliphatic heterocycles. The molecule has 0 aromatic heterocycles. The molecule has 0 nitrogen and oxygen atoms in total. The van der Waals surface area contributed by atoms with E-state index in [-0.39, 0.29) is 1.43 Å². The molecule has 0 heteroatoms. The Morgan fingerprint density at radius 2 is 2.11 bits per heavy atom. The molecule has 0 fully saturated rings. The van der Waals surface area contributed by atoms with E-state index in [1.54, 1.807) is 0 Å². The lowest BCUT2D eigenvalue weighted by molar-refractivity contribution is 1.44. The van der Waals surface area contributed by atoms with Crippen molar-refractivity contribution in [2.24, 2.45) is 0 Å². The summed E-state index contributed by atoms with van der Waals surface area (Å²) in [5.74, 6) is 2.60. The van der Waals surface area contributed by atoms with Crippen LogP contribution in [0.2, 0.25) is 0 Å². The van der Waals surface area contributed by atoms with E-state index in [9.17, 15) is 0 Å². The Morgan fingerprint density at radius 1 is 1.44 bits per heavy atom. The monoisotopic (exact) mass is 118 g/mol. The summed E-state index contributed by atoms with van der Waals surface area (Å²) < 4.78 is 0. The van der Waals surface area contributed by atoms with Gasteiger partial charge in [-0.15, -0.1) is 6.42 Å². The van der Waals surface area contributed by atoms with Crippen LogP contribution in [0.5, 0.6) is 0 Å². The molecule has 0 unspecified atom stereocenters. The maximum Gasteiger partial charge on any atom is 0.0271 e. The van der Waals surface area contributed by atoms with Crippen LogP contribution in [0.3, 0.4) is 0 Å². The van der Waals surface area contributed by atoms with E-state index in [4.69, 9.17) is 6.42 Å². The highest BCUT2D eigenvalue weighted by Gasteiger charge is 1.87. The second-order valence-corrected chi connectivity index (χ2v) is 1.96. The van der Waals surface area contributed by atoms with Crippen LogP contribution in [0.4, 0.5) is 0 Å². The molecule has 46 valence electrons. The Hall–Kier alpha value is -1.22. The summed E-state index contributed by atoms with van der Waals surface area (Å²) in [6, 6.07) is 7.88. The van der Waals surface area contributed by atoms with Gasteiger partial charge in [-0.3, -0.25) is 0 Å². The first-order chi connectivity index (χ1) is 4.34. The van der Waals surface area contributed by atoms with Gasteiger partial charge in [-0.2, -0.15) is 0 Å². The summed E-state index contributed by atoms with van der Waals surface area (Å²) in [5.41, 5.74) is 2.15. The molecule has 0 radical (unpaired) electrons. The van der Waals surface area contributed by atoms with E-state index in [1.165, 1.54) is 5.56 Å². The van der Waals surface area contributed by atoms with Gasteiger partial charge in [0.1, 0.15) is 0 Å². The fourth-order valence-corrected chi connectivity index (χ4v) is 0.735. The summed E-state index contributed by atoms with van der Waals surface area (Å²) in [7, 11) is 0. The van der Waals surface area contributed by atoms with Crippen molar-refractivity contribution in [2.45, 2.75) is 6.92 Å². The molecule has 0 spiro atoms. The molecule has 0 saturated heterocycles. The van der Waals surface area contributed by atoms with Crippen LogP contribution in [0, 0.1) is 19.3 Å². The van der Waals surface area contributed by atoms with Gasteiger partial charge in [-0.05, 0) is 18.6 Å². The molecule has 0 atom stereocenters. The van der Waals surface area contributed by atoms with Gasteiger partial charge in [-0.1, -0.05) is 24.1 Å². The molecule has 0 heterocycles. The Bertz CT molecular complexity index is 245. The number of terminal acetylenes is 1. The summed E-state index contributed by atoms with van der Waals surface area (Å²) >= 11 is 0.